The van der Waals surface area contributed by atoms with E-state index in [4.69, 9.17) is 5.73 Å². The van der Waals surface area contributed by atoms with Crippen molar-refractivity contribution < 1.29 is 18.0 Å². The number of para-hydroxylation sites is 1. The number of aromatic amines is 1. The topological polar surface area (TPSA) is 151 Å². The standard InChI is InChI=1S/C19H22N6O4S2/c1-31(28,29)9-3-7-25-8-6-12-14(10-25)30-19(22-12)24-18(27)11-4-2-5-13-15(11)23-17(21-13)16(20)26/h2,4-5H,3,6-10H2,1H3,(H2,20,26)(H,21,23)(H,22,24,27). The van der Waals surface area contributed by atoms with Gasteiger partial charge in [0.2, 0.25) is 0 Å². The summed E-state index contributed by atoms with van der Waals surface area (Å²) in [5.41, 5.74) is 7.45. The molecule has 4 N–H and O–H groups in total. The van der Waals surface area contributed by atoms with Gasteiger partial charge in [-0.1, -0.05) is 6.07 Å². The number of rotatable bonds is 7. The molecule has 10 nitrogen and oxygen atoms in total. The number of benzene rings is 1. The number of amides is 2. The lowest BCUT2D eigenvalue weighted by Crippen LogP contribution is -2.31. The molecule has 2 amide bonds. The summed E-state index contributed by atoms with van der Waals surface area (Å²) in [6, 6.07) is 5.04. The Morgan fingerprint density at radius 2 is 2.13 bits per heavy atom. The Kier molecular flexibility index (Phi) is 5.77. The number of sulfone groups is 1. The molecule has 31 heavy (non-hydrogen) atoms. The third kappa shape index (κ3) is 4.92. The SMILES string of the molecule is CS(=O)(=O)CCCN1CCc2nc(NC(=O)c3cccc4[nH]c(C(N)=O)nc34)sc2C1. The van der Waals surface area contributed by atoms with Gasteiger partial charge in [-0.3, -0.25) is 19.8 Å². The zero-order chi connectivity index (χ0) is 22.2. The Balaban J connectivity index is 1.45. The maximum absolute atomic E-state index is 12.8. The van der Waals surface area contributed by atoms with Gasteiger partial charge in [-0.05, 0) is 25.1 Å². The van der Waals surface area contributed by atoms with E-state index < -0.39 is 15.7 Å². The van der Waals surface area contributed by atoms with Gasteiger partial charge >= 0.3 is 0 Å². The number of carbonyl (C=O) groups is 2. The molecule has 4 rings (SSSR count). The number of hydrogen-bond donors (Lipinski definition) is 3. The average Bonchev–Trinajstić information content (AvgIpc) is 3.29. The Morgan fingerprint density at radius 1 is 1.32 bits per heavy atom. The molecule has 12 heteroatoms. The lowest BCUT2D eigenvalue weighted by molar-refractivity contribution is 0.0989. The Morgan fingerprint density at radius 3 is 2.87 bits per heavy atom. The highest BCUT2D eigenvalue weighted by Gasteiger charge is 2.22. The molecule has 164 valence electrons. The van der Waals surface area contributed by atoms with Crippen molar-refractivity contribution in [2.45, 2.75) is 19.4 Å². The normalized spacial score (nSPS) is 14.5. The minimum atomic E-state index is -2.96. The van der Waals surface area contributed by atoms with Crippen molar-refractivity contribution in [1.82, 2.24) is 19.9 Å². The van der Waals surface area contributed by atoms with Crippen molar-refractivity contribution in [3.63, 3.8) is 0 Å². The molecule has 0 saturated carbocycles. The third-order valence-electron chi connectivity index (χ3n) is 5.01. The zero-order valence-corrected chi connectivity index (χ0v) is 18.5. The van der Waals surface area contributed by atoms with Gasteiger partial charge in [-0.25, -0.2) is 18.4 Å². The van der Waals surface area contributed by atoms with Gasteiger partial charge in [0, 0.05) is 30.6 Å². The molecule has 0 fully saturated rings. The van der Waals surface area contributed by atoms with Crippen molar-refractivity contribution in [1.29, 1.82) is 0 Å². The fourth-order valence-corrected chi connectivity index (χ4v) is 5.24. The number of nitrogens with one attached hydrogen (secondary N) is 2. The van der Waals surface area contributed by atoms with Crippen LogP contribution in [0.25, 0.3) is 11.0 Å². The van der Waals surface area contributed by atoms with Crippen LogP contribution in [0.1, 0.15) is 38.0 Å². The predicted molar refractivity (Wildman–Crippen MR) is 118 cm³/mol. The number of hydrogen-bond acceptors (Lipinski definition) is 8. The van der Waals surface area contributed by atoms with E-state index in [-0.39, 0.29) is 17.5 Å². The number of nitrogens with two attached hydrogens (primary N) is 1. The summed E-state index contributed by atoms with van der Waals surface area (Å²) in [5, 5.41) is 3.32. The first-order valence-electron chi connectivity index (χ1n) is 9.68. The monoisotopic (exact) mass is 462 g/mol. The van der Waals surface area contributed by atoms with E-state index in [1.165, 1.54) is 17.6 Å². The van der Waals surface area contributed by atoms with Crippen LogP contribution in [0.3, 0.4) is 0 Å². The van der Waals surface area contributed by atoms with Gasteiger partial charge in [0.25, 0.3) is 11.8 Å². The van der Waals surface area contributed by atoms with E-state index >= 15 is 0 Å². The minimum Gasteiger partial charge on any atom is -0.363 e. The third-order valence-corrected chi connectivity index (χ3v) is 7.04. The van der Waals surface area contributed by atoms with E-state index in [1.54, 1.807) is 18.2 Å². The van der Waals surface area contributed by atoms with Crippen LogP contribution >= 0.6 is 11.3 Å². The van der Waals surface area contributed by atoms with E-state index in [1.807, 2.05) is 0 Å². The summed E-state index contributed by atoms with van der Waals surface area (Å²) < 4.78 is 22.6. The number of fused-ring (bicyclic) bond motifs is 2. The molecule has 0 unspecified atom stereocenters. The molecule has 1 aliphatic heterocycles. The highest BCUT2D eigenvalue weighted by molar-refractivity contribution is 7.90. The first-order valence-corrected chi connectivity index (χ1v) is 12.6. The zero-order valence-electron chi connectivity index (χ0n) is 16.8. The summed E-state index contributed by atoms with van der Waals surface area (Å²) in [7, 11) is -2.96. The molecule has 0 radical (unpaired) electrons. The van der Waals surface area contributed by atoms with Crippen LogP contribution < -0.4 is 11.1 Å². The van der Waals surface area contributed by atoms with Crippen molar-refractivity contribution in [2.75, 3.05) is 30.4 Å². The lowest BCUT2D eigenvalue weighted by Gasteiger charge is -2.25. The van der Waals surface area contributed by atoms with E-state index in [0.29, 0.717) is 41.2 Å². The van der Waals surface area contributed by atoms with Gasteiger partial charge < -0.3 is 10.7 Å². The van der Waals surface area contributed by atoms with E-state index in [0.717, 1.165) is 23.5 Å². The fraction of sp³-hybridized carbons (Fsp3) is 0.368. The minimum absolute atomic E-state index is 0.00377. The molecule has 0 spiro atoms. The Bertz CT molecular complexity index is 1260. The molecule has 0 aliphatic carbocycles. The summed E-state index contributed by atoms with van der Waals surface area (Å²) in [4.78, 5) is 39.0. The highest BCUT2D eigenvalue weighted by Crippen LogP contribution is 2.29. The molecule has 2 aromatic heterocycles. The number of aromatic nitrogens is 3. The van der Waals surface area contributed by atoms with Crippen LogP contribution in [0, 0.1) is 0 Å². The van der Waals surface area contributed by atoms with Crippen LogP contribution in [0.5, 0.6) is 0 Å². The maximum atomic E-state index is 12.8. The van der Waals surface area contributed by atoms with Gasteiger partial charge in [0.05, 0.1) is 22.5 Å². The largest absolute Gasteiger partial charge is 0.363 e. The lowest BCUT2D eigenvalue weighted by atomic mass is 10.1. The van der Waals surface area contributed by atoms with Crippen LogP contribution in [-0.4, -0.2) is 65.2 Å². The van der Waals surface area contributed by atoms with Gasteiger partial charge in [0.1, 0.15) is 15.4 Å². The Hall–Kier alpha value is -2.83. The smallest absolute Gasteiger partial charge is 0.284 e. The molecule has 1 aromatic carbocycles. The molecular formula is C19H22N6O4S2. The van der Waals surface area contributed by atoms with Crippen LogP contribution in [0.15, 0.2) is 18.2 Å². The fourth-order valence-electron chi connectivity index (χ4n) is 3.54. The maximum Gasteiger partial charge on any atom is 0.284 e. The average molecular weight is 463 g/mol. The van der Waals surface area contributed by atoms with Crippen LogP contribution in [0.4, 0.5) is 5.13 Å². The molecule has 0 saturated heterocycles. The van der Waals surface area contributed by atoms with Gasteiger partial charge in [0.15, 0.2) is 11.0 Å². The quantitative estimate of drug-likeness (QED) is 0.476. The number of thiazole rings is 1. The Labute approximate surface area is 182 Å². The summed E-state index contributed by atoms with van der Waals surface area (Å²) in [6.45, 7) is 2.19. The highest BCUT2D eigenvalue weighted by atomic mass is 32.2. The first-order chi connectivity index (χ1) is 14.7. The van der Waals surface area contributed by atoms with E-state index in [2.05, 4.69) is 25.2 Å². The first kappa shape index (κ1) is 21.4. The summed E-state index contributed by atoms with van der Waals surface area (Å²) in [6.07, 6.45) is 2.59. The van der Waals surface area contributed by atoms with Crippen LogP contribution in [-0.2, 0) is 22.8 Å². The number of carbonyl (C=O) groups excluding carboxylic acids is 2. The molecule has 3 heterocycles. The molecular weight excluding hydrogens is 440 g/mol. The number of nitrogens with zero attached hydrogens (tertiary/aromatic N) is 3. The molecule has 3 aromatic rings. The van der Waals surface area contributed by atoms with Crippen molar-refractivity contribution in [3.05, 3.63) is 40.2 Å². The van der Waals surface area contributed by atoms with Crippen molar-refractivity contribution in [2.24, 2.45) is 5.73 Å². The number of imidazole rings is 1. The molecule has 0 bridgehead atoms. The molecule has 0 atom stereocenters. The second-order valence-electron chi connectivity index (χ2n) is 7.50. The molecule has 1 aliphatic rings. The number of anilines is 1. The van der Waals surface area contributed by atoms with Crippen LogP contribution in [0.2, 0.25) is 0 Å². The number of primary amides is 1. The van der Waals surface area contributed by atoms with E-state index in [9.17, 15) is 18.0 Å². The van der Waals surface area contributed by atoms with Crippen molar-refractivity contribution >= 4 is 49.2 Å². The second kappa shape index (κ2) is 8.36. The van der Waals surface area contributed by atoms with Gasteiger partial charge in [-0.15, -0.1) is 11.3 Å². The van der Waals surface area contributed by atoms with Gasteiger partial charge in [-0.2, -0.15) is 0 Å². The predicted octanol–water partition coefficient (Wildman–Crippen LogP) is 1.16. The number of H-pyrrole nitrogens is 1. The second-order valence-corrected chi connectivity index (χ2v) is 10.8. The van der Waals surface area contributed by atoms with Crippen molar-refractivity contribution in [3.8, 4) is 0 Å². The summed E-state index contributed by atoms with van der Waals surface area (Å²) in [5.74, 6) is -0.896. The summed E-state index contributed by atoms with van der Waals surface area (Å²) >= 11 is 1.41.